The molecule has 0 bridgehead atoms. The molecule has 0 spiro atoms. The number of phosphoric ester groups is 1. The zero-order valence-electron chi connectivity index (χ0n) is 35.8. The maximum atomic E-state index is 12.6. The van der Waals surface area contributed by atoms with E-state index in [9.17, 15) is 19.0 Å². The number of carbonyl (C=O) groups excluding carboxylic acids is 1. The zero-order valence-corrected chi connectivity index (χ0v) is 36.7. The number of rotatable bonds is 45. The molecule has 3 atom stereocenters. The molecule has 0 saturated heterocycles. The zero-order chi connectivity index (χ0) is 40.5. The predicted molar refractivity (Wildman–Crippen MR) is 226 cm³/mol. The summed E-state index contributed by atoms with van der Waals surface area (Å²) in [5.74, 6) is -1.76. The largest absolute Gasteiger partial charge is 0.480 e. The summed E-state index contributed by atoms with van der Waals surface area (Å²) in [4.78, 5) is 33.5. The highest BCUT2D eigenvalue weighted by Crippen LogP contribution is 2.43. The first-order chi connectivity index (χ1) is 26.7. The van der Waals surface area contributed by atoms with Crippen molar-refractivity contribution >= 4 is 19.8 Å². The molecule has 0 radical (unpaired) electrons. The van der Waals surface area contributed by atoms with Gasteiger partial charge in [0.2, 0.25) is 0 Å². The first-order valence-corrected chi connectivity index (χ1v) is 24.6. The molecule has 328 valence electrons. The number of carbonyl (C=O) groups is 2. The van der Waals surface area contributed by atoms with E-state index in [1.54, 1.807) is 0 Å². The van der Waals surface area contributed by atoms with Crippen molar-refractivity contribution < 1.29 is 42.7 Å². The lowest BCUT2D eigenvalue weighted by Crippen LogP contribution is -2.34. The van der Waals surface area contributed by atoms with Gasteiger partial charge in [0.1, 0.15) is 12.1 Å². The van der Waals surface area contributed by atoms with E-state index in [4.69, 9.17) is 29.4 Å². The predicted octanol–water partition coefficient (Wildman–Crippen LogP) is 12.8. The molecule has 0 aromatic rings. The fourth-order valence-corrected chi connectivity index (χ4v) is 7.56. The van der Waals surface area contributed by atoms with Crippen LogP contribution in [0.4, 0.5) is 0 Å². The van der Waals surface area contributed by atoms with Crippen LogP contribution in [-0.2, 0) is 32.7 Å². The Morgan fingerprint density at radius 2 is 0.836 bits per heavy atom. The standard InChI is InChI=1S/C44H88NO9P/c1-3-5-7-9-11-13-15-17-19-20-21-22-23-25-27-29-31-33-35-37-51-38-41(39-52-55(49,50)53-40-42(45)44(47)48)54-43(46)36-34-32-30-28-26-24-18-16-14-12-10-8-6-4-2/h41-42H,3-40,45H2,1-2H3,(H,47,48)(H,49,50). The van der Waals surface area contributed by atoms with Crippen molar-refractivity contribution in [3.05, 3.63) is 0 Å². The SMILES string of the molecule is CCCCCCCCCCCCCCCCCCCCCOCC(COP(=O)(O)OCC(N)C(=O)O)OC(=O)CCCCCCCCCCCCCCCC. The number of carboxylic acids is 1. The van der Waals surface area contributed by atoms with Crippen LogP contribution in [0.5, 0.6) is 0 Å². The van der Waals surface area contributed by atoms with E-state index in [0.29, 0.717) is 6.61 Å². The molecule has 0 fully saturated rings. The molecule has 0 amide bonds. The fourth-order valence-electron chi connectivity index (χ4n) is 6.78. The quantitative estimate of drug-likeness (QED) is 0.0308. The average molecular weight is 806 g/mol. The Morgan fingerprint density at radius 1 is 0.509 bits per heavy atom. The molecule has 0 aliphatic rings. The fraction of sp³-hybridized carbons (Fsp3) is 0.955. The van der Waals surface area contributed by atoms with Gasteiger partial charge in [0, 0.05) is 13.0 Å². The van der Waals surface area contributed by atoms with Crippen LogP contribution in [0.25, 0.3) is 0 Å². The number of hydrogen-bond donors (Lipinski definition) is 3. The molecule has 0 saturated carbocycles. The maximum absolute atomic E-state index is 12.6. The number of hydrogen-bond acceptors (Lipinski definition) is 8. The van der Waals surface area contributed by atoms with Gasteiger partial charge in [-0.1, -0.05) is 213 Å². The summed E-state index contributed by atoms with van der Waals surface area (Å²) >= 11 is 0. The highest BCUT2D eigenvalue weighted by molar-refractivity contribution is 7.47. The van der Waals surface area contributed by atoms with Gasteiger partial charge in [0.15, 0.2) is 0 Å². The molecular weight excluding hydrogens is 717 g/mol. The number of ether oxygens (including phenoxy) is 2. The van der Waals surface area contributed by atoms with Gasteiger partial charge in [0.25, 0.3) is 0 Å². The Labute approximate surface area is 338 Å². The minimum absolute atomic E-state index is 0.0260. The van der Waals surface area contributed by atoms with Crippen LogP contribution in [0.2, 0.25) is 0 Å². The molecule has 4 N–H and O–H groups in total. The van der Waals surface area contributed by atoms with Crippen molar-refractivity contribution in [2.24, 2.45) is 5.73 Å². The Balaban J connectivity index is 4.13. The highest BCUT2D eigenvalue weighted by atomic mass is 31.2. The number of aliphatic carboxylic acids is 1. The van der Waals surface area contributed by atoms with Crippen LogP contribution in [0.15, 0.2) is 0 Å². The minimum Gasteiger partial charge on any atom is -0.480 e. The lowest BCUT2D eigenvalue weighted by atomic mass is 10.0. The van der Waals surface area contributed by atoms with Gasteiger partial charge >= 0.3 is 19.8 Å². The lowest BCUT2D eigenvalue weighted by molar-refractivity contribution is -0.154. The Bertz CT molecular complexity index is 893. The van der Waals surface area contributed by atoms with Gasteiger partial charge in [-0.25, -0.2) is 4.57 Å². The summed E-state index contributed by atoms with van der Waals surface area (Å²) in [7, 11) is -4.61. The van der Waals surface area contributed by atoms with Crippen LogP contribution in [0.1, 0.15) is 232 Å². The number of carboxylic acid groups (broad SMARTS) is 1. The molecule has 0 aromatic heterocycles. The molecule has 11 heteroatoms. The molecule has 0 rings (SSSR count). The summed E-state index contributed by atoms with van der Waals surface area (Å²) in [6.45, 7) is 3.94. The molecule has 3 unspecified atom stereocenters. The third kappa shape index (κ3) is 40.9. The first-order valence-electron chi connectivity index (χ1n) is 23.1. The Morgan fingerprint density at radius 3 is 1.20 bits per heavy atom. The van der Waals surface area contributed by atoms with Gasteiger partial charge in [0.05, 0.1) is 19.8 Å². The van der Waals surface area contributed by atoms with Crippen molar-refractivity contribution in [3.8, 4) is 0 Å². The third-order valence-electron chi connectivity index (χ3n) is 10.4. The van der Waals surface area contributed by atoms with Crippen molar-refractivity contribution in [2.45, 2.75) is 244 Å². The van der Waals surface area contributed by atoms with Gasteiger partial charge in [-0.2, -0.15) is 0 Å². The van der Waals surface area contributed by atoms with Gasteiger partial charge in [-0.3, -0.25) is 18.6 Å². The highest BCUT2D eigenvalue weighted by Gasteiger charge is 2.27. The van der Waals surface area contributed by atoms with Crippen LogP contribution in [0.3, 0.4) is 0 Å². The Hall–Kier alpha value is -1.03. The third-order valence-corrected chi connectivity index (χ3v) is 11.3. The van der Waals surface area contributed by atoms with E-state index >= 15 is 0 Å². The van der Waals surface area contributed by atoms with E-state index in [1.807, 2.05) is 0 Å². The van der Waals surface area contributed by atoms with Crippen molar-refractivity contribution in [3.63, 3.8) is 0 Å². The summed E-state index contributed by atoms with van der Waals surface area (Å²) < 4.78 is 33.4. The molecule has 55 heavy (non-hydrogen) atoms. The van der Waals surface area contributed by atoms with Crippen molar-refractivity contribution in [1.29, 1.82) is 0 Å². The van der Waals surface area contributed by atoms with Crippen LogP contribution in [0, 0.1) is 0 Å². The second kappa shape index (κ2) is 41.1. The van der Waals surface area contributed by atoms with E-state index in [0.717, 1.165) is 38.5 Å². The van der Waals surface area contributed by atoms with E-state index in [2.05, 4.69) is 13.8 Å². The van der Waals surface area contributed by atoms with Crippen LogP contribution >= 0.6 is 7.82 Å². The molecule has 10 nitrogen and oxygen atoms in total. The molecular formula is C44H88NO9P. The molecule has 0 aliphatic carbocycles. The van der Waals surface area contributed by atoms with E-state index < -0.39 is 45.1 Å². The van der Waals surface area contributed by atoms with Gasteiger partial charge in [-0.15, -0.1) is 0 Å². The maximum Gasteiger partial charge on any atom is 0.472 e. The first kappa shape index (κ1) is 54.0. The van der Waals surface area contributed by atoms with Gasteiger partial charge in [-0.05, 0) is 12.8 Å². The van der Waals surface area contributed by atoms with E-state index in [-0.39, 0.29) is 13.0 Å². The van der Waals surface area contributed by atoms with Gasteiger partial charge < -0.3 is 25.2 Å². The smallest absolute Gasteiger partial charge is 0.472 e. The Kier molecular flexibility index (Phi) is 40.4. The minimum atomic E-state index is -4.61. The normalized spacial score (nSPS) is 13.8. The van der Waals surface area contributed by atoms with Crippen LogP contribution in [-0.4, -0.2) is 60.5 Å². The summed E-state index contributed by atoms with van der Waals surface area (Å²) in [6.07, 6.45) is 41.5. The second-order valence-electron chi connectivity index (χ2n) is 15.9. The topological polar surface area (TPSA) is 155 Å². The monoisotopic (exact) mass is 806 g/mol. The van der Waals surface area contributed by atoms with Crippen molar-refractivity contribution in [2.75, 3.05) is 26.4 Å². The van der Waals surface area contributed by atoms with E-state index in [1.165, 1.54) is 173 Å². The second-order valence-corrected chi connectivity index (χ2v) is 17.4. The number of unbranched alkanes of at least 4 members (excludes halogenated alkanes) is 31. The average Bonchev–Trinajstić information content (AvgIpc) is 3.16. The van der Waals surface area contributed by atoms with Crippen molar-refractivity contribution in [1.82, 2.24) is 0 Å². The molecule has 0 aliphatic heterocycles. The number of phosphoric acid groups is 1. The number of esters is 1. The molecule has 0 aromatic carbocycles. The summed E-state index contributed by atoms with van der Waals surface area (Å²) in [5.41, 5.74) is 5.36. The number of nitrogens with two attached hydrogens (primary N) is 1. The molecule has 0 heterocycles. The lowest BCUT2D eigenvalue weighted by Gasteiger charge is -2.20. The summed E-state index contributed by atoms with van der Waals surface area (Å²) in [5, 5.41) is 8.90. The van der Waals surface area contributed by atoms with Crippen LogP contribution < -0.4 is 5.73 Å². The summed E-state index contributed by atoms with van der Waals surface area (Å²) in [6, 6.07) is -1.47.